The second-order valence-corrected chi connectivity index (χ2v) is 6.57. The summed E-state index contributed by atoms with van der Waals surface area (Å²) in [4.78, 5) is 9.65. The van der Waals surface area contributed by atoms with E-state index in [4.69, 9.17) is 0 Å². The summed E-state index contributed by atoms with van der Waals surface area (Å²) >= 11 is 0. The molecule has 1 N–H and O–H groups in total. The Morgan fingerprint density at radius 3 is 2.55 bits per heavy atom. The summed E-state index contributed by atoms with van der Waals surface area (Å²) in [5, 5.41) is 0. The minimum absolute atomic E-state index is 0.144. The van der Waals surface area contributed by atoms with E-state index in [1.165, 1.54) is 13.2 Å². The molecule has 3 nitrogen and oxygen atoms in total. The predicted octanol–water partition coefficient (Wildman–Crippen LogP) is 4.13. The molecule has 0 spiro atoms. The van der Waals surface area contributed by atoms with Gasteiger partial charge in [0.1, 0.15) is 5.82 Å². The molecule has 0 aromatic heterocycles. The summed E-state index contributed by atoms with van der Waals surface area (Å²) < 4.78 is 30.3. The van der Waals surface area contributed by atoms with Gasteiger partial charge in [-0.05, 0) is 24.1 Å². The highest BCUT2D eigenvalue weighted by molar-refractivity contribution is 7.51. The van der Waals surface area contributed by atoms with Gasteiger partial charge >= 0.3 is 7.60 Å². The monoisotopic (exact) mass is 294 g/mol. The van der Waals surface area contributed by atoms with Crippen LogP contribution in [0.3, 0.4) is 0 Å². The van der Waals surface area contributed by atoms with Gasteiger partial charge in [0.15, 0.2) is 0 Å². The SMILES string of the molecule is COP(=O)(O)Cc1cc(C)ccc1-c1ccccc1F. The van der Waals surface area contributed by atoms with Crippen molar-refractivity contribution in [3.8, 4) is 11.1 Å². The second-order valence-electron chi connectivity index (χ2n) is 4.62. The maximum atomic E-state index is 13.9. The summed E-state index contributed by atoms with van der Waals surface area (Å²) in [6, 6.07) is 11.8. The minimum atomic E-state index is -3.70. The van der Waals surface area contributed by atoms with Crippen molar-refractivity contribution in [2.24, 2.45) is 0 Å². The van der Waals surface area contributed by atoms with Crippen LogP contribution in [0.4, 0.5) is 4.39 Å². The molecule has 0 saturated carbocycles. The van der Waals surface area contributed by atoms with Crippen LogP contribution in [0.5, 0.6) is 0 Å². The van der Waals surface area contributed by atoms with Crippen LogP contribution < -0.4 is 0 Å². The zero-order chi connectivity index (χ0) is 14.8. The van der Waals surface area contributed by atoms with Crippen molar-refractivity contribution in [3.63, 3.8) is 0 Å². The van der Waals surface area contributed by atoms with Gasteiger partial charge in [-0.25, -0.2) is 4.39 Å². The number of rotatable bonds is 4. The maximum Gasteiger partial charge on any atom is 0.332 e. The van der Waals surface area contributed by atoms with Crippen LogP contribution in [-0.2, 0) is 15.3 Å². The lowest BCUT2D eigenvalue weighted by Crippen LogP contribution is -1.96. The highest BCUT2D eigenvalue weighted by Gasteiger charge is 2.21. The first kappa shape index (κ1) is 14.9. The lowest BCUT2D eigenvalue weighted by molar-refractivity contribution is 0.314. The maximum absolute atomic E-state index is 13.9. The zero-order valence-corrected chi connectivity index (χ0v) is 12.2. The van der Waals surface area contributed by atoms with Gasteiger partial charge in [0.2, 0.25) is 0 Å². The van der Waals surface area contributed by atoms with E-state index in [0.717, 1.165) is 5.56 Å². The normalized spacial score (nSPS) is 14.0. The Bertz CT molecular complexity index is 670. The van der Waals surface area contributed by atoms with Gasteiger partial charge in [-0.1, -0.05) is 42.0 Å². The molecule has 2 rings (SSSR count). The van der Waals surface area contributed by atoms with Crippen molar-refractivity contribution in [2.75, 3.05) is 7.11 Å². The Kier molecular flexibility index (Phi) is 4.39. The fourth-order valence-corrected chi connectivity index (χ4v) is 2.90. The van der Waals surface area contributed by atoms with Crippen LogP contribution in [0.25, 0.3) is 11.1 Å². The topological polar surface area (TPSA) is 46.5 Å². The first-order chi connectivity index (χ1) is 9.43. The highest BCUT2D eigenvalue weighted by atomic mass is 31.2. The predicted molar refractivity (Wildman–Crippen MR) is 77.1 cm³/mol. The fourth-order valence-electron chi connectivity index (χ4n) is 2.08. The van der Waals surface area contributed by atoms with Crippen LogP contribution in [0.1, 0.15) is 11.1 Å². The number of halogens is 1. The zero-order valence-electron chi connectivity index (χ0n) is 11.3. The lowest BCUT2D eigenvalue weighted by atomic mass is 9.98. The summed E-state index contributed by atoms with van der Waals surface area (Å²) in [6.45, 7) is 1.88. The van der Waals surface area contributed by atoms with Gasteiger partial charge in [-0.2, -0.15) is 0 Å². The Morgan fingerprint density at radius 1 is 1.20 bits per heavy atom. The van der Waals surface area contributed by atoms with E-state index >= 15 is 0 Å². The Morgan fingerprint density at radius 2 is 1.90 bits per heavy atom. The molecule has 5 heteroatoms. The Balaban J connectivity index is 2.54. The van der Waals surface area contributed by atoms with E-state index < -0.39 is 7.60 Å². The van der Waals surface area contributed by atoms with Crippen molar-refractivity contribution >= 4 is 7.60 Å². The van der Waals surface area contributed by atoms with E-state index in [0.29, 0.717) is 16.7 Å². The van der Waals surface area contributed by atoms with Gasteiger partial charge < -0.3 is 9.42 Å². The minimum Gasteiger partial charge on any atom is -0.324 e. The number of hydrogen-bond donors (Lipinski definition) is 1. The van der Waals surface area contributed by atoms with Crippen molar-refractivity contribution in [1.82, 2.24) is 0 Å². The largest absolute Gasteiger partial charge is 0.332 e. The molecule has 0 heterocycles. The first-order valence-electron chi connectivity index (χ1n) is 6.15. The summed E-state index contributed by atoms with van der Waals surface area (Å²) in [5.74, 6) is -0.359. The third-order valence-electron chi connectivity index (χ3n) is 3.08. The molecule has 0 aliphatic heterocycles. The molecule has 1 atom stereocenters. The van der Waals surface area contributed by atoms with Crippen molar-refractivity contribution in [3.05, 3.63) is 59.4 Å². The molecular weight excluding hydrogens is 278 g/mol. The molecule has 0 amide bonds. The van der Waals surface area contributed by atoms with Gasteiger partial charge in [-0.15, -0.1) is 0 Å². The van der Waals surface area contributed by atoms with Crippen LogP contribution >= 0.6 is 7.60 Å². The fraction of sp³-hybridized carbons (Fsp3) is 0.200. The van der Waals surface area contributed by atoms with Gasteiger partial charge in [0.05, 0.1) is 6.16 Å². The Hall–Kier alpha value is -1.48. The number of hydrogen-bond acceptors (Lipinski definition) is 2. The number of aryl methyl sites for hydroxylation is 1. The van der Waals surface area contributed by atoms with Gasteiger partial charge in [0.25, 0.3) is 0 Å². The average molecular weight is 294 g/mol. The molecule has 2 aromatic carbocycles. The van der Waals surface area contributed by atoms with E-state index in [1.807, 2.05) is 13.0 Å². The molecule has 106 valence electrons. The van der Waals surface area contributed by atoms with E-state index in [2.05, 4.69) is 4.52 Å². The molecule has 0 radical (unpaired) electrons. The molecule has 0 aliphatic carbocycles. The molecule has 1 unspecified atom stereocenters. The molecule has 0 saturated heterocycles. The van der Waals surface area contributed by atoms with Crippen LogP contribution in [-0.4, -0.2) is 12.0 Å². The third-order valence-corrected chi connectivity index (χ3v) is 4.39. The quantitative estimate of drug-likeness (QED) is 0.862. The highest BCUT2D eigenvalue weighted by Crippen LogP contribution is 2.46. The molecule has 2 aromatic rings. The molecule has 0 aliphatic rings. The van der Waals surface area contributed by atoms with Gasteiger partial charge in [-0.3, -0.25) is 4.57 Å². The lowest BCUT2D eigenvalue weighted by Gasteiger charge is -2.14. The van der Waals surface area contributed by atoms with E-state index in [1.54, 1.807) is 30.3 Å². The first-order valence-corrected chi connectivity index (χ1v) is 7.91. The summed E-state index contributed by atoms with van der Waals surface area (Å²) in [6.07, 6.45) is -0.144. The second kappa shape index (κ2) is 5.88. The van der Waals surface area contributed by atoms with Gasteiger partial charge in [0, 0.05) is 12.7 Å². The molecule has 0 fully saturated rings. The third kappa shape index (κ3) is 3.34. The molecule has 20 heavy (non-hydrogen) atoms. The van der Waals surface area contributed by atoms with Crippen molar-refractivity contribution in [2.45, 2.75) is 13.1 Å². The summed E-state index contributed by atoms with van der Waals surface area (Å²) in [5.41, 5.74) is 2.57. The summed E-state index contributed by atoms with van der Waals surface area (Å²) in [7, 11) is -2.51. The van der Waals surface area contributed by atoms with Crippen LogP contribution in [0.15, 0.2) is 42.5 Å². The van der Waals surface area contributed by atoms with Crippen molar-refractivity contribution < 1.29 is 18.4 Å². The Labute approximate surface area is 117 Å². The van der Waals surface area contributed by atoms with E-state index in [9.17, 15) is 13.8 Å². The number of benzene rings is 2. The average Bonchev–Trinajstić information content (AvgIpc) is 2.40. The smallest absolute Gasteiger partial charge is 0.324 e. The van der Waals surface area contributed by atoms with Crippen molar-refractivity contribution in [1.29, 1.82) is 0 Å². The standard InChI is InChI=1S/C15H16FO3P/c1-11-7-8-13(14-5-3-4-6-15(14)16)12(9-11)10-20(17,18)19-2/h3-9H,10H2,1-2H3,(H,17,18). The molecular formula is C15H16FO3P. The molecule has 0 bridgehead atoms. The van der Waals surface area contributed by atoms with E-state index in [-0.39, 0.29) is 12.0 Å². The van der Waals surface area contributed by atoms with Crippen LogP contribution in [0.2, 0.25) is 0 Å². The van der Waals surface area contributed by atoms with Crippen LogP contribution in [0, 0.1) is 12.7 Å².